The summed E-state index contributed by atoms with van der Waals surface area (Å²) >= 11 is 3.29. The lowest BCUT2D eigenvalue weighted by Gasteiger charge is -2.14. The van der Waals surface area contributed by atoms with Crippen molar-refractivity contribution in [1.82, 2.24) is 25.1 Å². The minimum absolute atomic E-state index is 0.119. The third kappa shape index (κ3) is 2.92. The Labute approximate surface area is 113 Å². The van der Waals surface area contributed by atoms with Gasteiger partial charge in [0.2, 0.25) is 0 Å². The maximum Gasteiger partial charge on any atom is 0.255 e. The van der Waals surface area contributed by atoms with Gasteiger partial charge in [-0.15, -0.1) is 0 Å². The summed E-state index contributed by atoms with van der Waals surface area (Å²) < 4.78 is 0.774. The van der Waals surface area contributed by atoms with Crippen molar-refractivity contribution in [3.05, 3.63) is 40.1 Å². The van der Waals surface area contributed by atoms with Crippen molar-refractivity contribution in [2.24, 2.45) is 0 Å². The third-order valence-electron chi connectivity index (χ3n) is 2.32. The van der Waals surface area contributed by atoms with Crippen LogP contribution in [0.4, 0.5) is 0 Å². The topological polar surface area (TPSA) is 74.8 Å². The molecule has 0 saturated heterocycles. The summed E-state index contributed by atoms with van der Waals surface area (Å²) in [5, 5.41) is 6.74. The van der Waals surface area contributed by atoms with Gasteiger partial charge in [-0.05, 0) is 28.9 Å². The molecule has 0 atom stereocenters. The van der Waals surface area contributed by atoms with Gasteiger partial charge in [-0.3, -0.25) is 14.9 Å². The van der Waals surface area contributed by atoms with E-state index in [-0.39, 0.29) is 5.91 Å². The maximum absolute atomic E-state index is 12.1. The Kier molecular flexibility index (Phi) is 3.71. The monoisotopic (exact) mass is 309 g/mol. The summed E-state index contributed by atoms with van der Waals surface area (Å²) in [7, 11) is 1.70. The summed E-state index contributed by atoms with van der Waals surface area (Å²) in [4.78, 5) is 21.8. The molecular formula is C11H12BrN5O. The van der Waals surface area contributed by atoms with Crippen molar-refractivity contribution in [2.75, 3.05) is 7.05 Å². The molecule has 7 heteroatoms. The molecule has 0 aliphatic carbocycles. The minimum Gasteiger partial charge on any atom is -0.334 e. The average Bonchev–Trinajstić information content (AvgIpc) is 2.73. The number of amides is 1. The molecule has 2 rings (SSSR count). The lowest BCUT2D eigenvalue weighted by molar-refractivity contribution is 0.0781. The van der Waals surface area contributed by atoms with Gasteiger partial charge in [-0.25, -0.2) is 4.98 Å². The molecule has 0 bridgehead atoms. The first-order valence-corrected chi connectivity index (χ1v) is 6.09. The number of hydrogen-bond acceptors (Lipinski definition) is 4. The predicted octanol–water partition coefficient (Wildman–Crippen LogP) is 1.54. The Morgan fingerprint density at radius 1 is 1.50 bits per heavy atom. The number of aromatic nitrogens is 4. The standard InChI is InChI=1S/C11H12BrN5O/c1-7-14-10(16-15-7)6-17(2)11(18)8-3-9(12)5-13-4-8/h3-5H,6H2,1-2H3,(H,14,15,16). The van der Waals surface area contributed by atoms with Crippen LogP contribution in [0.25, 0.3) is 0 Å². The van der Waals surface area contributed by atoms with E-state index in [1.54, 1.807) is 24.2 Å². The molecule has 94 valence electrons. The Bertz CT molecular complexity index is 568. The molecule has 0 spiro atoms. The van der Waals surface area contributed by atoms with Crippen LogP contribution in [-0.2, 0) is 6.54 Å². The number of nitrogens with zero attached hydrogens (tertiary/aromatic N) is 4. The molecule has 2 heterocycles. The molecule has 0 saturated carbocycles. The van der Waals surface area contributed by atoms with Crippen molar-refractivity contribution < 1.29 is 4.79 Å². The molecule has 0 unspecified atom stereocenters. The van der Waals surface area contributed by atoms with Crippen molar-refractivity contribution in [3.8, 4) is 0 Å². The fraction of sp³-hybridized carbons (Fsp3) is 0.273. The number of carbonyl (C=O) groups excluding carboxylic acids is 1. The second-order valence-corrected chi connectivity index (χ2v) is 4.81. The van der Waals surface area contributed by atoms with Crippen LogP contribution >= 0.6 is 15.9 Å². The van der Waals surface area contributed by atoms with Crippen molar-refractivity contribution in [1.29, 1.82) is 0 Å². The number of halogens is 1. The summed E-state index contributed by atoms with van der Waals surface area (Å²) in [5.74, 6) is 1.20. The number of nitrogens with one attached hydrogen (secondary N) is 1. The smallest absolute Gasteiger partial charge is 0.255 e. The summed E-state index contributed by atoms with van der Waals surface area (Å²) in [6.07, 6.45) is 3.17. The molecule has 0 radical (unpaired) electrons. The highest BCUT2D eigenvalue weighted by Gasteiger charge is 2.14. The third-order valence-corrected chi connectivity index (χ3v) is 2.75. The van der Waals surface area contributed by atoms with Gasteiger partial charge in [0, 0.05) is 23.9 Å². The second kappa shape index (κ2) is 5.26. The zero-order chi connectivity index (χ0) is 13.1. The van der Waals surface area contributed by atoms with Crippen LogP contribution in [0.3, 0.4) is 0 Å². The number of rotatable bonds is 3. The molecular weight excluding hydrogens is 298 g/mol. The minimum atomic E-state index is -0.119. The van der Waals surface area contributed by atoms with Gasteiger partial charge >= 0.3 is 0 Å². The zero-order valence-corrected chi connectivity index (χ0v) is 11.6. The average molecular weight is 310 g/mol. The fourth-order valence-electron chi connectivity index (χ4n) is 1.49. The molecule has 1 N–H and O–H groups in total. The maximum atomic E-state index is 12.1. The van der Waals surface area contributed by atoms with Crippen LogP contribution in [-0.4, -0.2) is 38.0 Å². The molecule has 2 aromatic rings. The predicted molar refractivity (Wildman–Crippen MR) is 68.9 cm³/mol. The lowest BCUT2D eigenvalue weighted by atomic mass is 10.2. The Morgan fingerprint density at radius 2 is 2.28 bits per heavy atom. The molecule has 2 aromatic heterocycles. The van der Waals surface area contributed by atoms with Crippen molar-refractivity contribution in [2.45, 2.75) is 13.5 Å². The normalized spacial score (nSPS) is 10.4. The van der Waals surface area contributed by atoms with E-state index in [0.29, 0.717) is 17.9 Å². The van der Waals surface area contributed by atoms with Gasteiger partial charge in [0.1, 0.15) is 5.82 Å². The Morgan fingerprint density at radius 3 is 2.89 bits per heavy atom. The van der Waals surface area contributed by atoms with Gasteiger partial charge < -0.3 is 4.90 Å². The first kappa shape index (κ1) is 12.7. The molecule has 1 amide bonds. The summed E-state index contributed by atoms with van der Waals surface area (Å²) in [5.41, 5.74) is 0.527. The van der Waals surface area contributed by atoms with Gasteiger partial charge in [-0.2, -0.15) is 5.10 Å². The Hall–Kier alpha value is -1.76. The van der Waals surface area contributed by atoms with Crippen LogP contribution in [0.5, 0.6) is 0 Å². The number of aromatic amines is 1. The molecule has 0 aromatic carbocycles. The second-order valence-electron chi connectivity index (χ2n) is 3.89. The van der Waals surface area contributed by atoms with Crippen LogP contribution in [0.15, 0.2) is 22.9 Å². The molecule has 18 heavy (non-hydrogen) atoms. The lowest BCUT2D eigenvalue weighted by Crippen LogP contribution is -2.26. The SMILES string of the molecule is Cc1nc(CN(C)C(=O)c2cncc(Br)c2)n[nH]1. The molecule has 0 fully saturated rings. The van der Waals surface area contributed by atoms with Crippen molar-refractivity contribution in [3.63, 3.8) is 0 Å². The van der Waals surface area contributed by atoms with E-state index >= 15 is 0 Å². The van der Waals surface area contributed by atoms with Crippen LogP contribution in [0, 0.1) is 6.92 Å². The van der Waals surface area contributed by atoms with E-state index < -0.39 is 0 Å². The number of carbonyl (C=O) groups is 1. The summed E-state index contributed by atoms with van der Waals surface area (Å²) in [6.45, 7) is 2.17. The number of H-pyrrole nitrogens is 1. The van der Waals surface area contributed by atoms with E-state index in [1.165, 1.54) is 6.20 Å². The summed E-state index contributed by atoms with van der Waals surface area (Å²) in [6, 6.07) is 1.73. The van der Waals surface area contributed by atoms with Gasteiger partial charge in [-0.1, -0.05) is 0 Å². The van der Waals surface area contributed by atoms with Crippen LogP contribution in [0.1, 0.15) is 22.0 Å². The highest BCUT2D eigenvalue weighted by molar-refractivity contribution is 9.10. The quantitative estimate of drug-likeness (QED) is 0.933. The number of aryl methyl sites for hydroxylation is 1. The van der Waals surface area contributed by atoms with Gasteiger partial charge in [0.15, 0.2) is 5.82 Å². The van der Waals surface area contributed by atoms with Crippen LogP contribution in [0.2, 0.25) is 0 Å². The van der Waals surface area contributed by atoms with E-state index in [0.717, 1.165) is 10.3 Å². The Balaban J connectivity index is 2.09. The first-order chi connectivity index (χ1) is 8.56. The fourth-order valence-corrected chi connectivity index (χ4v) is 1.86. The zero-order valence-electron chi connectivity index (χ0n) is 10.0. The van der Waals surface area contributed by atoms with Crippen LogP contribution < -0.4 is 0 Å². The molecule has 0 aliphatic heterocycles. The van der Waals surface area contributed by atoms with E-state index in [4.69, 9.17) is 0 Å². The van der Waals surface area contributed by atoms with Crippen molar-refractivity contribution >= 4 is 21.8 Å². The molecule has 0 aliphatic rings. The molecule has 6 nitrogen and oxygen atoms in total. The van der Waals surface area contributed by atoms with E-state index in [9.17, 15) is 4.79 Å². The van der Waals surface area contributed by atoms with Gasteiger partial charge in [0.25, 0.3) is 5.91 Å². The van der Waals surface area contributed by atoms with Gasteiger partial charge in [0.05, 0.1) is 12.1 Å². The first-order valence-electron chi connectivity index (χ1n) is 5.30. The highest BCUT2D eigenvalue weighted by atomic mass is 79.9. The van der Waals surface area contributed by atoms with E-state index in [1.807, 2.05) is 6.92 Å². The highest BCUT2D eigenvalue weighted by Crippen LogP contribution is 2.11. The number of hydrogen-bond donors (Lipinski definition) is 1. The number of pyridine rings is 1. The van der Waals surface area contributed by atoms with E-state index in [2.05, 4.69) is 36.1 Å². The largest absolute Gasteiger partial charge is 0.334 e.